The Labute approximate surface area is 101 Å². The Balaban J connectivity index is 2.61. The van der Waals surface area contributed by atoms with E-state index in [4.69, 9.17) is 10.4 Å². The molecule has 1 aromatic carbocycles. The highest BCUT2D eigenvalue weighted by molar-refractivity contribution is 5.66. The van der Waals surface area contributed by atoms with Crippen molar-refractivity contribution in [1.29, 1.82) is 5.26 Å². The van der Waals surface area contributed by atoms with Crippen LogP contribution in [-0.4, -0.2) is 29.6 Å². The zero-order valence-electron chi connectivity index (χ0n) is 9.89. The van der Waals surface area contributed by atoms with E-state index in [0.29, 0.717) is 19.5 Å². The molecule has 1 N–H and O–H groups in total. The van der Waals surface area contributed by atoms with Gasteiger partial charge in [-0.2, -0.15) is 5.26 Å². The van der Waals surface area contributed by atoms with Crippen molar-refractivity contribution in [2.45, 2.75) is 19.4 Å². The maximum Gasteiger partial charge on any atom is 0.304 e. The monoisotopic (exact) mass is 232 g/mol. The highest BCUT2D eigenvalue weighted by Gasteiger charge is 2.06. The fraction of sp³-hybridized carbons (Fsp3) is 0.385. The lowest BCUT2D eigenvalue weighted by molar-refractivity contribution is -0.137. The predicted molar refractivity (Wildman–Crippen MR) is 64.3 cm³/mol. The zero-order chi connectivity index (χ0) is 12.7. The van der Waals surface area contributed by atoms with Crippen molar-refractivity contribution in [2.24, 2.45) is 0 Å². The number of hydrogen-bond acceptors (Lipinski definition) is 3. The number of carboxylic acids is 1. The van der Waals surface area contributed by atoms with Crippen molar-refractivity contribution >= 4 is 5.97 Å². The summed E-state index contributed by atoms with van der Waals surface area (Å²) in [6, 6.07) is 9.89. The van der Waals surface area contributed by atoms with Crippen LogP contribution >= 0.6 is 0 Å². The molecule has 0 unspecified atom stereocenters. The summed E-state index contributed by atoms with van der Waals surface area (Å²) in [6.45, 7) is 1.18. The van der Waals surface area contributed by atoms with E-state index < -0.39 is 5.97 Å². The molecule has 0 aliphatic carbocycles. The Hall–Kier alpha value is -1.86. The molecule has 0 aliphatic rings. The molecule has 4 heteroatoms. The van der Waals surface area contributed by atoms with E-state index >= 15 is 0 Å². The van der Waals surface area contributed by atoms with E-state index in [1.807, 2.05) is 36.2 Å². The number of rotatable bonds is 6. The van der Waals surface area contributed by atoms with Crippen molar-refractivity contribution in [3.05, 3.63) is 35.4 Å². The van der Waals surface area contributed by atoms with Crippen LogP contribution in [0.25, 0.3) is 0 Å². The molecule has 0 saturated heterocycles. The number of carboxylic acid groups (broad SMARTS) is 1. The Morgan fingerprint density at radius 2 is 2.06 bits per heavy atom. The van der Waals surface area contributed by atoms with Gasteiger partial charge in [0.2, 0.25) is 0 Å². The molecule has 0 saturated carbocycles. The largest absolute Gasteiger partial charge is 0.481 e. The number of benzene rings is 1. The van der Waals surface area contributed by atoms with Crippen LogP contribution in [0.5, 0.6) is 0 Å². The summed E-state index contributed by atoms with van der Waals surface area (Å²) in [4.78, 5) is 12.4. The molecule has 0 bridgehead atoms. The topological polar surface area (TPSA) is 64.3 Å². The van der Waals surface area contributed by atoms with E-state index in [2.05, 4.69) is 6.07 Å². The van der Waals surface area contributed by atoms with Crippen LogP contribution < -0.4 is 0 Å². The predicted octanol–water partition coefficient (Wildman–Crippen LogP) is 1.66. The van der Waals surface area contributed by atoms with Gasteiger partial charge in [-0.15, -0.1) is 0 Å². The standard InChI is InChI=1S/C13H16N2O2/c1-15(9-7-13(16)17)10-12-5-3-2-4-11(12)6-8-14/h2-5H,6-7,9-10H2,1H3,(H,16,17). The fourth-order valence-electron chi connectivity index (χ4n) is 1.63. The van der Waals surface area contributed by atoms with Gasteiger partial charge in [0.25, 0.3) is 0 Å². The normalized spacial score (nSPS) is 10.2. The van der Waals surface area contributed by atoms with E-state index in [1.54, 1.807) is 0 Å². The molecule has 0 atom stereocenters. The van der Waals surface area contributed by atoms with E-state index in [-0.39, 0.29) is 6.42 Å². The smallest absolute Gasteiger partial charge is 0.304 e. The quantitative estimate of drug-likeness (QED) is 0.810. The first-order valence-electron chi connectivity index (χ1n) is 5.47. The Bertz CT molecular complexity index is 424. The van der Waals surface area contributed by atoms with Gasteiger partial charge in [0, 0.05) is 13.1 Å². The van der Waals surface area contributed by atoms with Crippen molar-refractivity contribution in [3.63, 3.8) is 0 Å². The second kappa shape index (κ2) is 6.66. The highest BCUT2D eigenvalue weighted by atomic mass is 16.4. The van der Waals surface area contributed by atoms with E-state index in [9.17, 15) is 4.79 Å². The van der Waals surface area contributed by atoms with Gasteiger partial charge in [-0.05, 0) is 18.2 Å². The Morgan fingerprint density at radius 1 is 1.41 bits per heavy atom. The first-order valence-corrected chi connectivity index (χ1v) is 5.47. The fourth-order valence-corrected chi connectivity index (χ4v) is 1.63. The van der Waals surface area contributed by atoms with Gasteiger partial charge >= 0.3 is 5.97 Å². The molecule has 90 valence electrons. The lowest BCUT2D eigenvalue weighted by Gasteiger charge is -2.17. The van der Waals surface area contributed by atoms with Gasteiger partial charge in [0.15, 0.2) is 0 Å². The van der Waals surface area contributed by atoms with E-state index in [0.717, 1.165) is 11.1 Å². The molecule has 0 amide bonds. The summed E-state index contributed by atoms with van der Waals surface area (Å²) in [6.07, 6.45) is 0.528. The van der Waals surface area contributed by atoms with E-state index in [1.165, 1.54) is 0 Å². The van der Waals surface area contributed by atoms with Crippen LogP contribution in [0, 0.1) is 11.3 Å². The van der Waals surface area contributed by atoms with Crippen LogP contribution in [0.1, 0.15) is 17.5 Å². The highest BCUT2D eigenvalue weighted by Crippen LogP contribution is 2.11. The molecular formula is C13H16N2O2. The minimum Gasteiger partial charge on any atom is -0.481 e. The minimum absolute atomic E-state index is 0.136. The maximum absolute atomic E-state index is 10.5. The lowest BCUT2D eigenvalue weighted by atomic mass is 10.0. The molecule has 1 aromatic rings. The molecule has 4 nitrogen and oxygen atoms in total. The average Bonchev–Trinajstić information content (AvgIpc) is 2.29. The molecule has 0 aliphatic heterocycles. The molecule has 0 spiro atoms. The summed E-state index contributed by atoms with van der Waals surface area (Å²) >= 11 is 0. The average molecular weight is 232 g/mol. The molecule has 17 heavy (non-hydrogen) atoms. The van der Waals surface area contributed by atoms with Crippen LogP contribution in [0.15, 0.2) is 24.3 Å². The summed E-state index contributed by atoms with van der Waals surface area (Å²) in [5, 5.41) is 17.3. The molecule has 0 aromatic heterocycles. The van der Waals surface area contributed by atoms with Crippen molar-refractivity contribution in [3.8, 4) is 6.07 Å². The number of nitrogens with zero attached hydrogens (tertiary/aromatic N) is 2. The van der Waals surface area contributed by atoms with Crippen LogP contribution in [0.4, 0.5) is 0 Å². The van der Waals surface area contributed by atoms with Crippen molar-refractivity contribution < 1.29 is 9.90 Å². The van der Waals surface area contributed by atoms with Crippen molar-refractivity contribution in [1.82, 2.24) is 4.90 Å². The minimum atomic E-state index is -0.790. The second-order valence-corrected chi connectivity index (χ2v) is 3.99. The third-order valence-corrected chi connectivity index (χ3v) is 2.54. The molecule has 0 heterocycles. The van der Waals surface area contributed by atoms with Gasteiger partial charge in [0.1, 0.15) is 0 Å². The summed E-state index contributed by atoms with van der Waals surface area (Å²) < 4.78 is 0. The summed E-state index contributed by atoms with van der Waals surface area (Å²) in [5.74, 6) is -0.790. The third kappa shape index (κ3) is 4.66. The molecule has 0 fully saturated rings. The van der Waals surface area contributed by atoms with Crippen molar-refractivity contribution in [2.75, 3.05) is 13.6 Å². The van der Waals surface area contributed by atoms with Gasteiger partial charge in [-0.25, -0.2) is 0 Å². The summed E-state index contributed by atoms with van der Waals surface area (Å²) in [5.41, 5.74) is 2.10. The number of carbonyl (C=O) groups is 1. The van der Waals surface area contributed by atoms with Crippen LogP contribution in [0.2, 0.25) is 0 Å². The molecule has 1 rings (SSSR count). The molecular weight excluding hydrogens is 216 g/mol. The number of aliphatic carboxylic acids is 1. The van der Waals surface area contributed by atoms with Crippen LogP contribution in [0.3, 0.4) is 0 Å². The maximum atomic E-state index is 10.5. The van der Waals surface area contributed by atoms with Gasteiger partial charge in [-0.3, -0.25) is 4.79 Å². The summed E-state index contributed by atoms with van der Waals surface area (Å²) in [7, 11) is 1.88. The van der Waals surface area contributed by atoms with Crippen LogP contribution in [-0.2, 0) is 17.8 Å². The van der Waals surface area contributed by atoms with Gasteiger partial charge in [0.05, 0.1) is 18.9 Å². The molecule has 0 radical (unpaired) electrons. The number of nitriles is 1. The third-order valence-electron chi connectivity index (χ3n) is 2.54. The van der Waals surface area contributed by atoms with Gasteiger partial charge < -0.3 is 10.0 Å². The SMILES string of the molecule is CN(CCC(=O)O)Cc1ccccc1CC#N. The first kappa shape index (κ1) is 13.2. The Morgan fingerprint density at radius 3 is 2.65 bits per heavy atom. The Kier molecular flexibility index (Phi) is 5.18. The first-order chi connectivity index (χ1) is 8.13. The lowest BCUT2D eigenvalue weighted by Crippen LogP contribution is -2.21. The number of hydrogen-bond donors (Lipinski definition) is 1. The van der Waals surface area contributed by atoms with Gasteiger partial charge in [-0.1, -0.05) is 24.3 Å². The second-order valence-electron chi connectivity index (χ2n) is 3.99. The zero-order valence-corrected chi connectivity index (χ0v) is 9.89.